The molecule has 3 rings (SSSR count). The molecule has 5 heteroatoms. The molecule has 21 heavy (non-hydrogen) atoms. The number of hydrogen-bond acceptors (Lipinski definition) is 4. The maximum atomic E-state index is 12.9. The van der Waals surface area contributed by atoms with Crippen LogP contribution in [-0.2, 0) is 14.2 Å². The lowest BCUT2D eigenvalue weighted by molar-refractivity contribution is -0.210. The van der Waals surface area contributed by atoms with Crippen molar-refractivity contribution < 1.29 is 18.6 Å². The van der Waals surface area contributed by atoms with Gasteiger partial charge in [-0.3, -0.25) is 0 Å². The van der Waals surface area contributed by atoms with Gasteiger partial charge in [-0.25, -0.2) is 4.39 Å². The molecule has 1 aromatic carbocycles. The summed E-state index contributed by atoms with van der Waals surface area (Å²) >= 11 is 0. The Balaban J connectivity index is 1.48. The number of rotatable bonds is 4. The van der Waals surface area contributed by atoms with Gasteiger partial charge in [0.05, 0.1) is 25.9 Å². The van der Waals surface area contributed by atoms with E-state index in [1.807, 2.05) is 0 Å². The zero-order valence-corrected chi connectivity index (χ0v) is 12.3. The van der Waals surface area contributed by atoms with E-state index in [1.165, 1.54) is 12.1 Å². The van der Waals surface area contributed by atoms with E-state index in [1.54, 1.807) is 12.1 Å². The molecule has 0 aliphatic carbocycles. The number of benzene rings is 1. The Kier molecular flexibility index (Phi) is 4.54. The number of nitrogens with one attached hydrogen (secondary N) is 1. The van der Waals surface area contributed by atoms with E-state index in [0.717, 1.165) is 24.9 Å². The first-order valence-electron chi connectivity index (χ1n) is 7.55. The van der Waals surface area contributed by atoms with Crippen LogP contribution >= 0.6 is 0 Å². The molecule has 116 valence electrons. The largest absolute Gasteiger partial charge is 0.381 e. The first-order chi connectivity index (χ1) is 10.2. The van der Waals surface area contributed by atoms with Crippen LogP contribution in [0.5, 0.6) is 0 Å². The summed E-state index contributed by atoms with van der Waals surface area (Å²) in [5, 5.41) is 3.42. The molecule has 0 radical (unpaired) electrons. The molecule has 2 atom stereocenters. The van der Waals surface area contributed by atoms with Crippen LogP contribution in [0, 0.1) is 5.82 Å². The van der Waals surface area contributed by atoms with Gasteiger partial charge in [-0.2, -0.15) is 0 Å². The maximum absolute atomic E-state index is 12.9. The molecule has 0 saturated carbocycles. The van der Waals surface area contributed by atoms with Crippen LogP contribution in [-0.4, -0.2) is 38.3 Å². The predicted molar refractivity (Wildman–Crippen MR) is 76.4 cm³/mol. The van der Waals surface area contributed by atoms with E-state index in [2.05, 4.69) is 12.2 Å². The third kappa shape index (κ3) is 3.61. The van der Waals surface area contributed by atoms with E-state index >= 15 is 0 Å². The molecular formula is C16H22FNO3. The van der Waals surface area contributed by atoms with Gasteiger partial charge in [0.15, 0.2) is 5.79 Å². The van der Waals surface area contributed by atoms with Crippen LogP contribution < -0.4 is 5.32 Å². The van der Waals surface area contributed by atoms with Gasteiger partial charge in [0.1, 0.15) is 5.82 Å². The normalized spacial score (nSPS) is 26.1. The average Bonchev–Trinajstić information content (AvgIpc) is 2.89. The third-order valence-electron chi connectivity index (χ3n) is 4.19. The second kappa shape index (κ2) is 6.40. The van der Waals surface area contributed by atoms with Crippen molar-refractivity contribution >= 4 is 0 Å². The highest BCUT2D eigenvalue weighted by Gasteiger charge is 2.42. The van der Waals surface area contributed by atoms with Crippen LogP contribution in [0.2, 0.25) is 0 Å². The van der Waals surface area contributed by atoms with E-state index in [4.69, 9.17) is 14.2 Å². The quantitative estimate of drug-likeness (QED) is 0.926. The zero-order valence-electron chi connectivity index (χ0n) is 12.3. The van der Waals surface area contributed by atoms with Crippen LogP contribution in [0.15, 0.2) is 24.3 Å². The van der Waals surface area contributed by atoms with Crippen molar-refractivity contribution in [2.75, 3.05) is 26.4 Å². The molecule has 2 unspecified atom stereocenters. The Labute approximate surface area is 124 Å². The highest BCUT2D eigenvalue weighted by molar-refractivity contribution is 5.19. The van der Waals surface area contributed by atoms with E-state index < -0.39 is 5.79 Å². The summed E-state index contributed by atoms with van der Waals surface area (Å²) in [5.41, 5.74) is 1.07. The van der Waals surface area contributed by atoms with Crippen molar-refractivity contribution in [2.24, 2.45) is 0 Å². The van der Waals surface area contributed by atoms with Crippen LogP contribution in [0.4, 0.5) is 4.39 Å². The molecule has 1 N–H and O–H groups in total. The number of hydrogen-bond donors (Lipinski definition) is 1. The molecule has 2 saturated heterocycles. The monoisotopic (exact) mass is 295 g/mol. The highest BCUT2D eigenvalue weighted by Crippen LogP contribution is 2.33. The van der Waals surface area contributed by atoms with Gasteiger partial charge < -0.3 is 19.5 Å². The van der Waals surface area contributed by atoms with E-state index in [9.17, 15) is 4.39 Å². The van der Waals surface area contributed by atoms with Crippen molar-refractivity contribution in [3.05, 3.63) is 35.6 Å². The molecular weight excluding hydrogens is 273 g/mol. The number of ether oxygens (including phenoxy) is 3. The Bertz CT molecular complexity index is 459. The average molecular weight is 295 g/mol. The summed E-state index contributed by atoms with van der Waals surface area (Å²) in [5.74, 6) is -0.635. The molecule has 4 nitrogen and oxygen atoms in total. The molecule has 2 fully saturated rings. The summed E-state index contributed by atoms with van der Waals surface area (Å²) in [4.78, 5) is 0. The van der Waals surface area contributed by atoms with Gasteiger partial charge >= 0.3 is 0 Å². The molecule has 2 aliphatic rings. The van der Waals surface area contributed by atoms with E-state index in [0.29, 0.717) is 19.8 Å². The molecule has 2 heterocycles. The SMILES string of the molecule is CC(NCC1COC2(CCOCC2)O1)c1ccc(F)cc1. The van der Waals surface area contributed by atoms with E-state index in [-0.39, 0.29) is 18.0 Å². The fourth-order valence-electron chi connectivity index (χ4n) is 2.84. The third-order valence-corrected chi connectivity index (χ3v) is 4.19. The number of halogens is 1. The lowest BCUT2D eigenvalue weighted by Gasteiger charge is -2.31. The van der Waals surface area contributed by atoms with Gasteiger partial charge in [0.2, 0.25) is 0 Å². The zero-order chi connectivity index (χ0) is 14.7. The lowest BCUT2D eigenvalue weighted by Crippen LogP contribution is -2.39. The minimum atomic E-state index is -0.427. The minimum absolute atomic E-state index is 0.0611. The topological polar surface area (TPSA) is 39.7 Å². The summed E-state index contributed by atoms with van der Waals surface area (Å²) in [6, 6.07) is 6.73. The van der Waals surface area contributed by atoms with Gasteiger partial charge in [-0.15, -0.1) is 0 Å². The van der Waals surface area contributed by atoms with Crippen molar-refractivity contribution in [3.8, 4) is 0 Å². The summed E-state index contributed by atoms with van der Waals surface area (Å²) in [6.45, 7) is 4.80. The Morgan fingerprint density at radius 3 is 2.71 bits per heavy atom. The van der Waals surface area contributed by atoms with Crippen LogP contribution in [0.3, 0.4) is 0 Å². The highest BCUT2D eigenvalue weighted by atomic mass is 19.1. The molecule has 1 aromatic rings. The molecule has 0 aromatic heterocycles. The minimum Gasteiger partial charge on any atom is -0.381 e. The summed E-state index contributed by atoms with van der Waals surface area (Å²) in [7, 11) is 0. The Morgan fingerprint density at radius 1 is 1.29 bits per heavy atom. The second-order valence-corrected chi connectivity index (χ2v) is 5.76. The van der Waals surface area contributed by atoms with Gasteiger partial charge in [0.25, 0.3) is 0 Å². The predicted octanol–water partition coefficient (Wildman–Crippen LogP) is 2.40. The molecule has 2 aliphatic heterocycles. The summed E-state index contributed by atoms with van der Waals surface area (Å²) < 4.78 is 30.2. The first-order valence-corrected chi connectivity index (χ1v) is 7.55. The van der Waals surface area contributed by atoms with Gasteiger partial charge in [-0.05, 0) is 24.6 Å². The summed E-state index contributed by atoms with van der Waals surface area (Å²) in [6.07, 6.45) is 1.67. The molecule has 0 bridgehead atoms. The van der Waals surface area contributed by atoms with Crippen LogP contribution in [0.25, 0.3) is 0 Å². The maximum Gasteiger partial charge on any atom is 0.173 e. The van der Waals surface area contributed by atoms with Crippen molar-refractivity contribution in [1.29, 1.82) is 0 Å². The fourth-order valence-corrected chi connectivity index (χ4v) is 2.84. The lowest BCUT2D eigenvalue weighted by atomic mass is 10.1. The molecule has 1 spiro atoms. The van der Waals surface area contributed by atoms with Crippen molar-refractivity contribution in [3.63, 3.8) is 0 Å². The molecule has 0 amide bonds. The first kappa shape index (κ1) is 14.9. The second-order valence-electron chi connectivity index (χ2n) is 5.76. The Morgan fingerprint density at radius 2 is 2.00 bits per heavy atom. The fraction of sp³-hybridized carbons (Fsp3) is 0.625. The Hall–Kier alpha value is -1.01. The van der Waals surface area contributed by atoms with Gasteiger partial charge in [-0.1, -0.05) is 12.1 Å². The van der Waals surface area contributed by atoms with Crippen LogP contribution in [0.1, 0.15) is 31.4 Å². The smallest absolute Gasteiger partial charge is 0.173 e. The standard InChI is InChI=1S/C16H22FNO3/c1-12(13-2-4-14(17)5-3-13)18-10-15-11-20-16(21-15)6-8-19-9-7-16/h2-5,12,15,18H,6-11H2,1H3. The van der Waals surface area contributed by atoms with Crippen molar-refractivity contribution in [2.45, 2.75) is 37.7 Å². The van der Waals surface area contributed by atoms with Crippen molar-refractivity contribution in [1.82, 2.24) is 5.32 Å². The van der Waals surface area contributed by atoms with Gasteiger partial charge in [0, 0.05) is 25.4 Å².